The Labute approximate surface area is 142 Å². The van der Waals surface area contributed by atoms with Crippen LogP contribution in [0, 0.1) is 0 Å². The Morgan fingerprint density at radius 2 is 1.83 bits per heavy atom. The van der Waals surface area contributed by atoms with Crippen LogP contribution in [-0.4, -0.2) is 25.8 Å². The van der Waals surface area contributed by atoms with Gasteiger partial charge in [0.1, 0.15) is 0 Å². The van der Waals surface area contributed by atoms with E-state index in [1.807, 2.05) is 24.3 Å². The maximum absolute atomic E-state index is 5.41. The molecule has 0 amide bonds. The molecule has 0 unspecified atom stereocenters. The van der Waals surface area contributed by atoms with Crippen molar-refractivity contribution in [2.24, 2.45) is 4.99 Å². The van der Waals surface area contributed by atoms with Gasteiger partial charge in [0.15, 0.2) is 17.5 Å². The summed E-state index contributed by atoms with van der Waals surface area (Å²) in [5, 5.41) is 6.65. The van der Waals surface area contributed by atoms with Crippen LogP contribution in [0.1, 0.15) is 18.1 Å². The maximum Gasteiger partial charge on any atom is 0.231 e. The molecular formula is C19H23N3O2. The van der Waals surface area contributed by atoms with Crippen molar-refractivity contribution in [3.05, 3.63) is 59.7 Å². The number of nitrogens with zero attached hydrogens (tertiary/aromatic N) is 1. The average Bonchev–Trinajstić information content (AvgIpc) is 3.08. The summed E-state index contributed by atoms with van der Waals surface area (Å²) in [6, 6.07) is 16.4. The second-order valence-corrected chi connectivity index (χ2v) is 5.55. The Bertz CT molecular complexity index is 686. The molecule has 0 spiro atoms. The Balaban J connectivity index is 1.55. The zero-order valence-corrected chi connectivity index (χ0v) is 13.9. The molecule has 1 aliphatic heterocycles. The van der Waals surface area contributed by atoms with Crippen LogP contribution in [0.4, 0.5) is 0 Å². The van der Waals surface area contributed by atoms with E-state index in [1.165, 1.54) is 5.56 Å². The van der Waals surface area contributed by atoms with Gasteiger partial charge in [0.2, 0.25) is 6.79 Å². The Kier molecular flexibility index (Phi) is 5.56. The minimum atomic E-state index is 0.297. The third-order valence-corrected chi connectivity index (χ3v) is 3.75. The fourth-order valence-corrected chi connectivity index (χ4v) is 2.52. The predicted molar refractivity (Wildman–Crippen MR) is 95.5 cm³/mol. The topological polar surface area (TPSA) is 54.9 Å². The van der Waals surface area contributed by atoms with Crippen molar-refractivity contribution in [2.75, 3.05) is 19.9 Å². The molecule has 24 heavy (non-hydrogen) atoms. The largest absolute Gasteiger partial charge is 0.454 e. The van der Waals surface area contributed by atoms with E-state index in [2.05, 4.69) is 46.8 Å². The summed E-state index contributed by atoms with van der Waals surface area (Å²) in [6.07, 6.45) is 0.968. The summed E-state index contributed by atoms with van der Waals surface area (Å²) in [5.41, 5.74) is 2.41. The van der Waals surface area contributed by atoms with Crippen molar-refractivity contribution in [1.82, 2.24) is 10.6 Å². The van der Waals surface area contributed by atoms with Gasteiger partial charge in [-0.05, 0) is 36.6 Å². The third kappa shape index (κ3) is 4.41. The van der Waals surface area contributed by atoms with Crippen molar-refractivity contribution < 1.29 is 9.47 Å². The van der Waals surface area contributed by atoms with Gasteiger partial charge in [0.25, 0.3) is 0 Å². The van der Waals surface area contributed by atoms with Gasteiger partial charge >= 0.3 is 0 Å². The molecule has 2 aromatic rings. The lowest BCUT2D eigenvalue weighted by Crippen LogP contribution is -2.38. The minimum absolute atomic E-state index is 0.297. The zero-order valence-electron chi connectivity index (χ0n) is 13.9. The molecule has 0 saturated carbocycles. The first-order valence-electron chi connectivity index (χ1n) is 8.30. The van der Waals surface area contributed by atoms with Crippen LogP contribution in [0.25, 0.3) is 0 Å². The maximum atomic E-state index is 5.41. The van der Waals surface area contributed by atoms with Crippen molar-refractivity contribution in [1.29, 1.82) is 0 Å². The highest BCUT2D eigenvalue weighted by Crippen LogP contribution is 2.32. The zero-order chi connectivity index (χ0) is 16.6. The summed E-state index contributed by atoms with van der Waals surface area (Å²) >= 11 is 0. The molecule has 0 bridgehead atoms. The molecule has 5 nitrogen and oxygen atoms in total. The molecule has 0 saturated heterocycles. The predicted octanol–water partition coefficient (Wildman–Crippen LogP) is 2.71. The first-order chi connectivity index (χ1) is 11.8. The van der Waals surface area contributed by atoms with Gasteiger partial charge in [0.05, 0.1) is 6.54 Å². The van der Waals surface area contributed by atoms with Crippen molar-refractivity contribution in [3.63, 3.8) is 0 Å². The molecule has 2 N–H and O–H groups in total. The van der Waals surface area contributed by atoms with Gasteiger partial charge in [0, 0.05) is 13.1 Å². The number of ether oxygens (including phenoxy) is 2. The highest BCUT2D eigenvalue weighted by atomic mass is 16.7. The molecule has 5 heteroatoms. The Morgan fingerprint density at radius 3 is 2.67 bits per heavy atom. The van der Waals surface area contributed by atoms with E-state index in [0.29, 0.717) is 13.3 Å². The van der Waals surface area contributed by atoms with E-state index in [4.69, 9.17) is 9.47 Å². The molecule has 0 aromatic heterocycles. The van der Waals surface area contributed by atoms with Gasteiger partial charge in [-0.3, -0.25) is 0 Å². The summed E-state index contributed by atoms with van der Waals surface area (Å²) in [7, 11) is 0. The number of guanidine groups is 1. The van der Waals surface area contributed by atoms with E-state index < -0.39 is 0 Å². The molecule has 3 rings (SSSR count). The number of rotatable bonds is 6. The molecule has 0 atom stereocenters. The fraction of sp³-hybridized carbons (Fsp3) is 0.316. The SMILES string of the molecule is CCNC(=NCc1ccc2c(c1)OCO2)NCCc1ccccc1. The number of fused-ring (bicyclic) bond motifs is 1. The first kappa shape index (κ1) is 16.2. The molecule has 1 heterocycles. The van der Waals surface area contributed by atoms with Crippen molar-refractivity contribution >= 4 is 5.96 Å². The number of benzene rings is 2. The monoisotopic (exact) mass is 325 g/mol. The highest BCUT2D eigenvalue weighted by Gasteiger charge is 2.12. The smallest absolute Gasteiger partial charge is 0.231 e. The number of nitrogens with one attached hydrogen (secondary N) is 2. The highest BCUT2D eigenvalue weighted by molar-refractivity contribution is 5.79. The molecule has 2 aromatic carbocycles. The Hall–Kier alpha value is -2.69. The van der Waals surface area contributed by atoms with Crippen LogP contribution in [0.3, 0.4) is 0 Å². The van der Waals surface area contributed by atoms with Crippen molar-refractivity contribution in [2.45, 2.75) is 19.9 Å². The Morgan fingerprint density at radius 1 is 1.00 bits per heavy atom. The van der Waals surface area contributed by atoms with Crippen LogP contribution in [0.15, 0.2) is 53.5 Å². The van der Waals surface area contributed by atoms with Gasteiger partial charge in [-0.2, -0.15) is 0 Å². The van der Waals surface area contributed by atoms with Gasteiger partial charge in [-0.15, -0.1) is 0 Å². The fourth-order valence-electron chi connectivity index (χ4n) is 2.52. The normalized spacial score (nSPS) is 13.0. The van der Waals surface area contributed by atoms with E-state index in [9.17, 15) is 0 Å². The summed E-state index contributed by atoms with van der Waals surface area (Å²) in [6.45, 7) is 4.63. The molecule has 126 valence electrons. The standard InChI is InChI=1S/C19H23N3O2/c1-2-20-19(21-11-10-15-6-4-3-5-7-15)22-13-16-8-9-17-18(12-16)24-14-23-17/h3-9,12H,2,10-11,13-14H2,1H3,(H2,20,21,22). The lowest BCUT2D eigenvalue weighted by Gasteiger charge is -2.11. The summed E-state index contributed by atoms with van der Waals surface area (Å²) < 4.78 is 10.7. The van der Waals surface area contributed by atoms with E-state index in [0.717, 1.165) is 42.5 Å². The first-order valence-corrected chi connectivity index (χ1v) is 8.30. The molecular weight excluding hydrogens is 302 g/mol. The molecule has 0 aliphatic carbocycles. The van der Waals surface area contributed by atoms with E-state index in [-0.39, 0.29) is 0 Å². The van der Waals surface area contributed by atoms with Gasteiger partial charge in [-0.1, -0.05) is 36.4 Å². The van der Waals surface area contributed by atoms with E-state index >= 15 is 0 Å². The van der Waals surface area contributed by atoms with Crippen LogP contribution >= 0.6 is 0 Å². The molecule has 1 aliphatic rings. The number of aliphatic imine (C=N–C) groups is 1. The van der Waals surface area contributed by atoms with Gasteiger partial charge < -0.3 is 20.1 Å². The number of hydrogen-bond donors (Lipinski definition) is 2. The van der Waals surface area contributed by atoms with Crippen LogP contribution < -0.4 is 20.1 Å². The molecule has 0 radical (unpaired) electrons. The summed E-state index contributed by atoms with van der Waals surface area (Å²) in [4.78, 5) is 4.64. The molecule has 0 fully saturated rings. The van der Waals surface area contributed by atoms with Gasteiger partial charge in [-0.25, -0.2) is 4.99 Å². The number of hydrogen-bond acceptors (Lipinski definition) is 3. The lowest BCUT2D eigenvalue weighted by molar-refractivity contribution is 0.174. The quantitative estimate of drug-likeness (QED) is 0.633. The van der Waals surface area contributed by atoms with Crippen LogP contribution in [0.5, 0.6) is 11.5 Å². The summed E-state index contributed by atoms with van der Waals surface area (Å²) in [5.74, 6) is 2.42. The average molecular weight is 325 g/mol. The lowest BCUT2D eigenvalue weighted by atomic mass is 10.1. The second kappa shape index (κ2) is 8.24. The van der Waals surface area contributed by atoms with Crippen molar-refractivity contribution in [3.8, 4) is 11.5 Å². The minimum Gasteiger partial charge on any atom is -0.454 e. The van der Waals surface area contributed by atoms with Crippen LogP contribution in [0.2, 0.25) is 0 Å². The third-order valence-electron chi connectivity index (χ3n) is 3.75. The van der Waals surface area contributed by atoms with Crippen LogP contribution in [-0.2, 0) is 13.0 Å². The second-order valence-electron chi connectivity index (χ2n) is 5.55. The van der Waals surface area contributed by atoms with E-state index in [1.54, 1.807) is 0 Å².